The zero-order valence-corrected chi connectivity index (χ0v) is 11.8. The largest absolute Gasteiger partial charge is 0.481 e. The standard InChI is InChI=1S/C13H16FN3O2S/c1-3-8-15-13(20)17-16-12(18)9(2)19-11-6-4-10(14)5-7-11/h3-7,9H,1,8H2,2H3,(H,16,18)(H2,15,17,20). The zero-order valence-electron chi connectivity index (χ0n) is 11.0. The van der Waals surface area contributed by atoms with Gasteiger partial charge in [0.1, 0.15) is 11.6 Å². The number of carbonyl (C=O) groups is 1. The number of hydrogen-bond donors (Lipinski definition) is 3. The summed E-state index contributed by atoms with van der Waals surface area (Å²) in [6.45, 7) is 5.58. The van der Waals surface area contributed by atoms with Crippen LogP contribution >= 0.6 is 12.2 Å². The second kappa shape index (κ2) is 8.11. The predicted octanol–water partition coefficient (Wildman–Crippen LogP) is 1.27. The highest BCUT2D eigenvalue weighted by Crippen LogP contribution is 2.12. The van der Waals surface area contributed by atoms with Gasteiger partial charge in [0, 0.05) is 6.54 Å². The fourth-order valence-electron chi connectivity index (χ4n) is 1.20. The molecular formula is C13H16FN3O2S. The zero-order chi connectivity index (χ0) is 15.0. The topological polar surface area (TPSA) is 62.4 Å². The molecule has 0 aliphatic heterocycles. The summed E-state index contributed by atoms with van der Waals surface area (Å²) in [5.74, 6) is -0.367. The summed E-state index contributed by atoms with van der Waals surface area (Å²) in [5, 5.41) is 3.06. The molecule has 0 radical (unpaired) electrons. The van der Waals surface area contributed by atoms with Crippen molar-refractivity contribution in [2.75, 3.05) is 6.54 Å². The number of halogens is 1. The van der Waals surface area contributed by atoms with Gasteiger partial charge in [-0.15, -0.1) is 6.58 Å². The Morgan fingerprint density at radius 1 is 1.45 bits per heavy atom. The highest BCUT2D eigenvalue weighted by molar-refractivity contribution is 7.80. The first-order valence-corrected chi connectivity index (χ1v) is 6.30. The average molecular weight is 297 g/mol. The monoisotopic (exact) mass is 297 g/mol. The fraction of sp³-hybridized carbons (Fsp3) is 0.231. The molecule has 5 nitrogen and oxygen atoms in total. The third-order valence-corrected chi connectivity index (χ3v) is 2.45. The van der Waals surface area contributed by atoms with Crippen molar-refractivity contribution in [1.82, 2.24) is 16.2 Å². The van der Waals surface area contributed by atoms with Crippen molar-refractivity contribution in [3.63, 3.8) is 0 Å². The second-order valence-corrected chi connectivity index (χ2v) is 4.24. The Bertz CT molecular complexity index is 479. The fourth-order valence-corrected chi connectivity index (χ4v) is 1.33. The number of carbonyl (C=O) groups excluding carboxylic acids is 1. The van der Waals surface area contributed by atoms with Gasteiger partial charge in [0.25, 0.3) is 5.91 Å². The molecule has 0 saturated carbocycles. The summed E-state index contributed by atoms with van der Waals surface area (Å²) in [6.07, 6.45) is 0.881. The van der Waals surface area contributed by atoms with Crippen LogP contribution < -0.4 is 20.9 Å². The van der Waals surface area contributed by atoms with Crippen LogP contribution in [0.2, 0.25) is 0 Å². The molecule has 7 heteroatoms. The van der Waals surface area contributed by atoms with Gasteiger partial charge in [-0.2, -0.15) is 0 Å². The number of amides is 1. The average Bonchev–Trinajstić information content (AvgIpc) is 2.44. The van der Waals surface area contributed by atoms with E-state index < -0.39 is 12.0 Å². The van der Waals surface area contributed by atoms with Crippen LogP contribution in [0.15, 0.2) is 36.9 Å². The van der Waals surface area contributed by atoms with Crippen LogP contribution in [0.3, 0.4) is 0 Å². The Morgan fingerprint density at radius 2 is 2.10 bits per heavy atom. The summed E-state index contributed by atoms with van der Waals surface area (Å²) in [5.41, 5.74) is 4.92. The maximum atomic E-state index is 12.7. The number of benzene rings is 1. The predicted molar refractivity (Wildman–Crippen MR) is 78.6 cm³/mol. The van der Waals surface area contributed by atoms with Gasteiger partial charge in [-0.3, -0.25) is 15.6 Å². The smallest absolute Gasteiger partial charge is 0.279 e. The molecule has 1 rings (SSSR count). The van der Waals surface area contributed by atoms with Crippen LogP contribution in [0.25, 0.3) is 0 Å². The Kier molecular flexibility index (Phi) is 6.45. The first-order valence-electron chi connectivity index (χ1n) is 5.89. The van der Waals surface area contributed by atoms with Crippen molar-refractivity contribution < 1.29 is 13.9 Å². The molecule has 0 heterocycles. The van der Waals surface area contributed by atoms with E-state index in [1.165, 1.54) is 24.3 Å². The molecule has 0 bridgehead atoms. The summed E-state index contributed by atoms with van der Waals surface area (Å²) < 4.78 is 18.1. The van der Waals surface area contributed by atoms with E-state index in [9.17, 15) is 9.18 Å². The molecule has 1 amide bonds. The van der Waals surface area contributed by atoms with Crippen molar-refractivity contribution in [1.29, 1.82) is 0 Å². The van der Waals surface area contributed by atoms with Crippen molar-refractivity contribution in [3.8, 4) is 5.75 Å². The number of ether oxygens (including phenoxy) is 1. The van der Waals surface area contributed by atoms with E-state index in [0.717, 1.165) is 0 Å². The number of hydrazine groups is 1. The van der Waals surface area contributed by atoms with Crippen molar-refractivity contribution in [3.05, 3.63) is 42.7 Å². The van der Waals surface area contributed by atoms with E-state index in [1.807, 2.05) is 0 Å². The van der Waals surface area contributed by atoms with Gasteiger partial charge < -0.3 is 10.1 Å². The normalized spacial score (nSPS) is 11.1. The lowest BCUT2D eigenvalue weighted by molar-refractivity contribution is -0.127. The molecule has 108 valence electrons. The maximum Gasteiger partial charge on any atom is 0.279 e. The molecule has 0 spiro atoms. The van der Waals surface area contributed by atoms with E-state index in [4.69, 9.17) is 17.0 Å². The highest BCUT2D eigenvalue weighted by Gasteiger charge is 2.14. The minimum Gasteiger partial charge on any atom is -0.481 e. The van der Waals surface area contributed by atoms with E-state index in [2.05, 4.69) is 22.7 Å². The summed E-state index contributed by atoms with van der Waals surface area (Å²) in [6, 6.07) is 5.41. The van der Waals surface area contributed by atoms with Gasteiger partial charge in [-0.1, -0.05) is 6.08 Å². The Labute approximate surface area is 122 Å². The number of rotatable bonds is 5. The van der Waals surface area contributed by atoms with E-state index in [0.29, 0.717) is 12.3 Å². The lowest BCUT2D eigenvalue weighted by Gasteiger charge is -2.16. The van der Waals surface area contributed by atoms with E-state index >= 15 is 0 Å². The molecule has 1 aromatic rings. The van der Waals surface area contributed by atoms with Crippen molar-refractivity contribution >= 4 is 23.2 Å². The van der Waals surface area contributed by atoms with Gasteiger partial charge in [0.05, 0.1) is 0 Å². The molecular weight excluding hydrogens is 281 g/mol. The van der Waals surface area contributed by atoms with Gasteiger partial charge >= 0.3 is 0 Å². The van der Waals surface area contributed by atoms with Crippen molar-refractivity contribution in [2.45, 2.75) is 13.0 Å². The molecule has 0 saturated heterocycles. The van der Waals surface area contributed by atoms with Crippen LogP contribution in [-0.4, -0.2) is 23.7 Å². The van der Waals surface area contributed by atoms with Gasteiger partial charge in [0.2, 0.25) is 0 Å². The van der Waals surface area contributed by atoms with Crippen LogP contribution in [0.4, 0.5) is 4.39 Å². The summed E-state index contributed by atoms with van der Waals surface area (Å²) in [7, 11) is 0. The van der Waals surface area contributed by atoms with Crippen LogP contribution in [-0.2, 0) is 4.79 Å². The summed E-state index contributed by atoms with van der Waals surface area (Å²) >= 11 is 4.90. The van der Waals surface area contributed by atoms with Crippen LogP contribution in [0.1, 0.15) is 6.92 Å². The second-order valence-electron chi connectivity index (χ2n) is 3.83. The summed E-state index contributed by atoms with van der Waals surface area (Å²) in [4.78, 5) is 11.7. The molecule has 1 atom stereocenters. The van der Waals surface area contributed by atoms with Gasteiger partial charge in [-0.05, 0) is 43.4 Å². The Hall–Kier alpha value is -2.15. The lowest BCUT2D eigenvalue weighted by atomic mass is 10.3. The number of thiocarbonyl (C=S) groups is 1. The first kappa shape index (κ1) is 15.9. The van der Waals surface area contributed by atoms with E-state index in [1.54, 1.807) is 13.0 Å². The molecule has 0 aliphatic rings. The van der Waals surface area contributed by atoms with E-state index in [-0.39, 0.29) is 10.9 Å². The van der Waals surface area contributed by atoms with Crippen molar-refractivity contribution in [2.24, 2.45) is 0 Å². The SMILES string of the molecule is C=CCNC(=S)NNC(=O)C(C)Oc1ccc(F)cc1. The quantitative estimate of drug-likeness (QED) is 0.434. The molecule has 1 aromatic carbocycles. The minimum atomic E-state index is -0.754. The third kappa shape index (κ3) is 5.66. The Balaban J connectivity index is 2.37. The Morgan fingerprint density at radius 3 is 2.70 bits per heavy atom. The molecule has 1 unspecified atom stereocenters. The third-order valence-electron chi connectivity index (χ3n) is 2.20. The molecule has 0 fully saturated rings. The lowest BCUT2D eigenvalue weighted by Crippen LogP contribution is -2.50. The molecule has 0 aromatic heterocycles. The maximum absolute atomic E-state index is 12.7. The molecule has 0 aliphatic carbocycles. The first-order chi connectivity index (χ1) is 9.52. The number of nitrogens with one attached hydrogen (secondary N) is 3. The number of hydrogen-bond acceptors (Lipinski definition) is 3. The van der Waals surface area contributed by atoms with Crippen LogP contribution in [0.5, 0.6) is 5.75 Å². The minimum absolute atomic E-state index is 0.271. The van der Waals surface area contributed by atoms with Gasteiger partial charge in [0.15, 0.2) is 11.2 Å². The van der Waals surface area contributed by atoms with Gasteiger partial charge in [-0.25, -0.2) is 4.39 Å². The molecule has 3 N–H and O–H groups in total. The molecule has 20 heavy (non-hydrogen) atoms. The highest BCUT2D eigenvalue weighted by atomic mass is 32.1. The van der Waals surface area contributed by atoms with Crippen LogP contribution in [0, 0.1) is 5.82 Å².